The van der Waals surface area contributed by atoms with Crippen molar-refractivity contribution in [1.29, 1.82) is 0 Å². The van der Waals surface area contributed by atoms with Gasteiger partial charge in [-0.2, -0.15) is 18.2 Å². The molecule has 0 aliphatic heterocycles. The van der Waals surface area contributed by atoms with Gasteiger partial charge in [0.1, 0.15) is 6.10 Å². The molecule has 1 unspecified atom stereocenters. The van der Waals surface area contributed by atoms with Crippen LogP contribution in [0.2, 0.25) is 0 Å². The van der Waals surface area contributed by atoms with E-state index in [2.05, 4.69) is 14.7 Å². The van der Waals surface area contributed by atoms with E-state index in [9.17, 15) is 18.0 Å². The second kappa shape index (κ2) is 6.27. The van der Waals surface area contributed by atoms with Gasteiger partial charge in [-0.1, -0.05) is 29.4 Å². The summed E-state index contributed by atoms with van der Waals surface area (Å²) in [5.74, 6) is -1.56. The Balaban J connectivity index is 2.13. The second-order valence-corrected chi connectivity index (χ2v) is 4.96. The summed E-state index contributed by atoms with van der Waals surface area (Å²) in [6, 6.07) is 6.29. The summed E-state index contributed by atoms with van der Waals surface area (Å²) in [5.41, 5.74) is 1.04. The molecule has 0 aliphatic carbocycles. The second-order valence-electron chi connectivity index (χ2n) is 4.96. The van der Waals surface area contributed by atoms with Crippen LogP contribution in [0.25, 0.3) is 11.4 Å². The van der Waals surface area contributed by atoms with Crippen LogP contribution in [0.3, 0.4) is 0 Å². The van der Waals surface area contributed by atoms with Crippen molar-refractivity contribution in [1.82, 2.24) is 15.0 Å². The Morgan fingerprint density at radius 3 is 2.35 bits per heavy atom. The van der Waals surface area contributed by atoms with Gasteiger partial charge in [-0.3, -0.25) is 0 Å². The van der Waals surface area contributed by atoms with Crippen molar-refractivity contribution in [2.45, 2.75) is 19.2 Å². The summed E-state index contributed by atoms with van der Waals surface area (Å²) in [5, 5.41) is 3.30. The lowest BCUT2D eigenvalue weighted by atomic mass is 10.1. The van der Waals surface area contributed by atoms with Crippen LogP contribution in [-0.2, 0) is 10.9 Å². The van der Waals surface area contributed by atoms with Crippen molar-refractivity contribution < 1.29 is 27.2 Å². The molecule has 0 radical (unpaired) electrons. The average Bonchev–Trinajstić information content (AvgIpc) is 2.97. The molecule has 9 heteroatoms. The zero-order valence-electron chi connectivity index (χ0n) is 12.6. The fourth-order valence-corrected chi connectivity index (χ4v) is 1.68. The number of hydrogen-bond acceptors (Lipinski definition) is 5. The Bertz CT molecular complexity index is 681. The molecular formula is C14H14F3N3O3. The topological polar surface area (TPSA) is 68.5 Å². The standard InChI is InChI=1S/C14H14F3N3O3/c1-8(22-13(21)20(2)3)9-4-6-10(7-5-9)11-18-12(23-19-11)14(15,16)17/h4-8H,1-3H3. The van der Waals surface area contributed by atoms with Crippen LogP contribution in [0.1, 0.15) is 24.5 Å². The summed E-state index contributed by atoms with van der Waals surface area (Å²) >= 11 is 0. The van der Waals surface area contributed by atoms with Crippen LogP contribution in [0.5, 0.6) is 0 Å². The minimum atomic E-state index is -4.68. The molecule has 2 rings (SSSR count). The molecule has 0 spiro atoms. The number of amides is 1. The van der Waals surface area contributed by atoms with E-state index in [0.717, 1.165) is 0 Å². The predicted molar refractivity (Wildman–Crippen MR) is 73.3 cm³/mol. The molecule has 23 heavy (non-hydrogen) atoms. The molecule has 1 heterocycles. The lowest BCUT2D eigenvalue weighted by Crippen LogP contribution is -2.23. The fourth-order valence-electron chi connectivity index (χ4n) is 1.68. The maximum Gasteiger partial charge on any atom is 0.471 e. The molecule has 1 aromatic heterocycles. The third-order valence-corrected chi connectivity index (χ3v) is 2.95. The van der Waals surface area contributed by atoms with Gasteiger partial charge in [0.25, 0.3) is 0 Å². The van der Waals surface area contributed by atoms with E-state index in [4.69, 9.17) is 4.74 Å². The third kappa shape index (κ3) is 3.99. The number of alkyl halides is 3. The highest BCUT2D eigenvalue weighted by Crippen LogP contribution is 2.29. The molecule has 0 N–H and O–H groups in total. The Hall–Kier alpha value is -2.58. The summed E-state index contributed by atoms with van der Waals surface area (Å²) in [7, 11) is 3.12. The highest BCUT2D eigenvalue weighted by molar-refractivity contribution is 5.67. The zero-order valence-corrected chi connectivity index (χ0v) is 12.6. The first-order valence-corrected chi connectivity index (χ1v) is 6.57. The van der Waals surface area contributed by atoms with Gasteiger partial charge in [0, 0.05) is 19.7 Å². The van der Waals surface area contributed by atoms with Gasteiger partial charge in [0.05, 0.1) is 0 Å². The normalized spacial score (nSPS) is 12.8. The largest absolute Gasteiger partial charge is 0.471 e. The van der Waals surface area contributed by atoms with Gasteiger partial charge in [0.2, 0.25) is 5.82 Å². The first kappa shape index (κ1) is 16.8. The molecule has 0 saturated carbocycles. The van der Waals surface area contributed by atoms with Crippen molar-refractivity contribution in [3.63, 3.8) is 0 Å². The van der Waals surface area contributed by atoms with Gasteiger partial charge in [0.15, 0.2) is 0 Å². The monoisotopic (exact) mass is 329 g/mol. The van der Waals surface area contributed by atoms with Crippen LogP contribution in [-0.4, -0.2) is 35.2 Å². The molecular weight excluding hydrogens is 315 g/mol. The van der Waals surface area contributed by atoms with Crippen molar-refractivity contribution in [3.05, 3.63) is 35.7 Å². The smallest absolute Gasteiger partial charge is 0.442 e. The van der Waals surface area contributed by atoms with E-state index in [-0.39, 0.29) is 5.82 Å². The Kier molecular flexibility index (Phi) is 4.57. The number of benzene rings is 1. The zero-order chi connectivity index (χ0) is 17.2. The number of ether oxygens (including phenoxy) is 1. The molecule has 6 nitrogen and oxygen atoms in total. The van der Waals surface area contributed by atoms with Crippen LogP contribution in [0.15, 0.2) is 28.8 Å². The number of rotatable bonds is 3. The summed E-state index contributed by atoms with van der Waals surface area (Å²) in [6.07, 6.45) is -5.68. The van der Waals surface area contributed by atoms with Crippen molar-refractivity contribution >= 4 is 6.09 Å². The average molecular weight is 329 g/mol. The Morgan fingerprint density at radius 2 is 1.87 bits per heavy atom. The Morgan fingerprint density at radius 1 is 1.26 bits per heavy atom. The maximum absolute atomic E-state index is 12.4. The molecule has 1 atom stereocenters. The summed E-state index contributed by atoms with van der Waals surface area (Å²) in [6.45, 7) is 1.69. The van der Waals surface area contributed by atoms with Crippen LogP contribution >= 0.6 is 0 Å². The number of halogens is 3. The number of carbonyl (C=O) groups is 1. The number of carbonyl (C=O) groups excluding carboxylic acids is 1. The van der Waals surface area contributed by atoms with Crippen molar-refractivity contribution in [2.75, 3.05) is 14.1 Å². The van der Waals surface area contributed by atoms with E-state index < -0.39 is 24.3 Å². The third-order valence-electron chi connectivity index (χ3n) is 2.95. The quantitative estimate of drug-likeness (QED) is 0.862. The van der Waals surface area contributed by atoms with Gasteiger partial charge >= 0.3 is 18.2 Å². The SMILES string of the molecule is CC(OC(=O)N(C)C)c1ccc(-c2noc(C(F)(F)F)n2)cc1. The molecule has 124 valence electrons. The predicted octanol–water partition coefficient (Wildman–Crippen LogP) is 3.51. The highest BCUT2D eigenvalue weighted by Gasteiger charge is 2.38. The minimum Gasteiger partial charge on any atom is -0.442 e. The number of hydrogen-bond donors (Lipinski definition) is 0. The van der Waals surface area contributed by atoms with Crippen LogP contribution in [0, 0.1) is 0 Å². The highest BCUT2D eigenvalue weighted by atomic mass is 19.4. The maximum atomic E-state index is 12.4. The molecule has 0 aliphatic rings. The molecule has 0 bridgehead atoms. The van der Waals surface area contributed by atoms with Gasteiger partial charge in [-0.05, 0) is 12.5 Å². The molecule has 1 aromatic carbocycles. The summed E-state index contributed by atoms with van der Waals surface area (Å²) < 4.78 is 46.6. The fraction of sp³-hybridized carbons (Fsp3) is 0.357. The molecule has 1 amide bonds. The lowest BCUT2D eigenvalue weighted by molar-refractivity contribution is -0.159. The Labute approximate surface area is 129 Å². The van der Waals surface area contributed by atoms with E-state index in [0.29, 0.717) is 11.1 Å². The van der Waals surface area contributed by atoms with Gasteiger partial charge in [-0.25, -0.2) is 4.79 Å². The minimum absolute atomic E-state index is 0.165. The first-order valence-electron chi connectivity index (χ1n) is 6.57. The van der Waals surface area contributed by atoms with Crippen LogP contribution in [0.4, 0.5) is 18.0 Å². The van der Waals surface area contributed by atoms with E-state index in [1.807, 2.05) is 0 Å². The molecule has 2 aromatic rings. The van der Waals surface area contributed by atoms with Gasteiger partial charge < -0.3 is 14.2 Å². The number of nitrogens with zero attached hydrogens (tertiary/aromatic N) is 3. The van der Waals surface area contributed by atoms with Crippen LogP contribution < -0.4 is 0 Å². The van der Waals surface area contributed by atoms with Crippen molar-refractivity contribution in [3.8, 4) is 11.4 Å². The number of aromatic nitrogens is 2. The van der Waals surface area contributed by atoms with E-state index in [1.54, 1.807) is 33.2 Å². The van der Waals surface area contributed by atoms with E-state index in [1.165, 1.54) is 17.0 Å². The van der Waals surface area contributed by atoms with Gasteiger partial charge in [-0.15, -0.1) is 0 Å². The molecule has 0 saturated heterocycles. The summed E-state index contributed by atoms with van der Waals surface area (Å²) in [4.78, 5) is 16.1. The van der Waals surface area contributed by atoms with Crippen molar-refractivity contribution in [2.24, 2.45) is 0 Å². The lowest BCUT2D eigenvalue weighted by Gasteiger charge is -2.17. The first-order chi connectivity index (χ1) is 10.7. The van der Waals surface area contributed by atoms with E-state index >= 15 is 0 Å². The molecule has 0 fully saturated rings.